The van der Waals surface area contributed by atoms with Crippen molar-refractivity contribution in [3.63, 3.8) is 0 Å². The van der Waals surface area contributed by atoms with Gasteiger partial charge in [0.15, 0.2) is 0 Å². The summed E-state index contributed by atoms with van der Waals surface area (Å²) in [4.78, 5) is 2.40. The van der Waals surface area contributed by atoms with Gasteiger partial charge in [-0.2, -0.15) is 0 Å². The molecule has 0 N–H and O–H groups in total. The molecule has 2 heteroatoms. The van der Waals surface area contributed by atoms with Crippen LogP contribution in [0.3, 0.4) is 0 Å². The van der Waals surface area contributed by atoms with Crippen LogP contribution in [-0.4, -0.2) is 21.7 Å². The van der Waals surface area contributed by atoms with E-state index in [1.807, 2.05) is 0 Å². The first-order chi connectivity index (χ1) is 7.47. The van der Waals surface area contributed by atoms with E-state index in [1.165, 1.54) is 24.7 Å². The maximum Gasteiger partial charge on any atom is 0.0448 e. The minimum absolute atomic E-state index is 0.805. The van der Waals surface area contributed by atoms with Crippen molar-refractivity contribution in [3.8, 4) is 0 Å². The first kappa shape index (κ1) is 11.7. The van der Waals surface area contributed by atoms with Crippen molar-refractivity contribution in [2.75, 3.05) is 18.5 Å². The molecule has 0 saturated heterocycles. The SMILES string of the molecule is CN1CCC(C[Si](C)(C)C)c2ccccc21. The molecule has 1 aromatic carbocycles. The van der Waals surface area contributed by atoms with Crippen molar-refractivity contribution in [1.82, 2.24) is 0 Å². The highest BCUT2D eigenvalue weighted by Crippen LogP contribution is 2.38. The van der Waals surface area contributed by atoms with Gasteiger partial charge in [-0.3, -0.25) is 0 Å². The summed E-state index contributed by atoms with van der Waals surface area (Å²) in [5.41, 5.74) is 3.04. The highest BCUT2D eigenvalue weighted by Gasteiger charge is 2.27. The van der Waals surface area contributed by atoms with Gasteiger partial charge in [-0.15, -0.1) is 0 Å². The summed E-state index contributed by atoms with van der Waals surface area (Å²) in [5.74, 6) is 0.805. The number of anilines is 1. The molecule has 0 spiro atoms. The summed E-state index contributed by atoms with van der Waals surface area (Å²) in [6.07, 6.45) is 1.33. The van der Waals surface area contributed by atoms with E-state index >= 15 is 0 Å². The molecule has 1 nitrogen and oxygen atoms in total. The van der Waals surface area contributed by atoms with E-state index < -0.39 is 8.07 Å². The lowest BCUT2D eigenvalue weighted by Crippen LogP contribution is -2.31. The lowest BCUT2D eigenvalue weighted by molar-refractivity contribution is 0.630. The van der Waals surface area contributed by atoms with Gasteiger partial charge in [0.05, 0.1) is 0 Å². The molecule has 0 bridgehead atoms. The molecule has 0 saturated carbocycles. The fourth-order valence-electron chi connectivity index (χ4n) is 2.76. The maximum absolute atomic E-state index is 2.48. The molecule has 88 valence electrons. The Bertz CT molecular complexity index is 367. The van der Waals surface area contributed by atoms with E-state index in [-0.39, 0.29) is 0 Å². The summed E-state index contributed by atoms with van der Waals surface area (Å²) in [7, 11) is 1.26. The smallest absolute Gasteiger partial charge is 0.0448 e. The van der Waals surface area contributed by atoms with Crippen LogP contribution in [0.4, 0.5) is 5.69 Å². The van der Waals surface area contributed by atoms with E-state index in [0.717, 1.165) is 5.92 Å². The molecule has 0 radical (unpaired) electrons. The second kappa shape index (κ2) is 4.25. The van der Waals surface area contributed by atoms with Crippen molar-refractivity contribution in [3.05, 3.63) is 29.8 Å². The highest BCUT2D eigenvalue weighted by atomic mass is 28.3. The zero-order valence-electron chi connectivity index (χ0n) is 11.0. The Morgan fingerprint density at radius 3 is 2.62 bits per heavy atom. The molecule has 0 aliphatic carbocycles. The first-order valence-corrected chi connectivity index (χ1v) is 9.98. The quantitative estimate of drug-likeness (QED) is 0.699. The third kappa shape index (κ3) is 2.49. The number of rotatable bonds is 2. The van der Waals surface area contributed by atoms with Crippen LogP contribution in [-0.2, 0) is 0 Å². The van der Waals surface area contributed by atoms with Gasteiger partial charge in [0.25, 0.3) is 0 Å². The van der Waals surface area contributed by atoms with Crippen LogP contribution in [0.15, 0.2) is 24.3 Å². The van der Waals surface area contributed by atoms with Crippen molar-refractivity contribution < 1.29 is 0 Å². The molecule has 0 amide bonds. The van der Waals surface area contributed by atoms with E-state index in [0.29, 0.717) is 0 Å². The zero-order chi connectivity index (χ0) is 11.8. The van der Waals surface area contributed by atoms with Gasteiger partial charge in [-0.05, 0) is 24.0 Å². The highest BCUT2D eigenvalue weighted by molar-refractivity contribution is 6.76. The predicted molar refractivity (Wildman–Crippen MR) is 75.2 cm³/mol. The van der Waals surface area contributed by atoms with E-state index in [2.05, 4.69) is 55.9 Å². The molecule has 0 fully saturated rings. The standard InChI is InChI=1S/C14H23NSi/c1-15-10-9-12(11-16(2,3)4)13-7-5-6-8-14(13)15/h5-8,12H,9-11H2,1-4H3. The Balaban J connectivity index is 2.28. The topological polar surface area (TPSA) is 3.24 Å². The fraction of sp³-hybridized carbons (Fsp3) is 0.571. The van der Waals surface area contributed by atoms with Gasteiger partial charge in [0.1, 0.15) is 0 Å². The van der Waals surface area contributed by atoms with Crippen LogP contribution in [0, 0.1) is 0 Å². The Kier molecular flexibility index (Phi) is 3.11. The second-order valence-electron chi connectivity index (χ2n) is 6.23. The molecule has 1 aliphatic heterocycles. The number of hydrogen-bond acceptors (Lipinski definition) is 1. The number of benzene rings is 1. The maximum atomic E-state index is 2.48. The molecular weight excluding hydrogens is 210 g/mol. The summed E-state index contributed by atoms with van der Waals surface area (Å²) < 4.78 is 0. The molecule has 16 heavy (non-hydrogen) atoms. The molecule has 1 aromatic rings. The third-order valence-electron chi connectivity index (χ3n) is 3.46. The van der Waals surface area contributed by atoms with Crippen molar-refractivity contribution in [1.29, 1.82) is 0 Å². The Morgan fingerprint density at radius 1 is 1.25 bits per heavy atom. The lowest BCUT2D eigenvalue weighted by Gasteiger charge is -2.35. The minimum Gasteiger partial charge on any atom is -0.374 e. The van der Waals surface area contributed by atoms with E-state index in [4.69, 9.17) is 0 Å². The Morgan fingerprint density at radius 2 is 1.94 bits per heavy atom. The lowest BCUT2D eigenvalue weighted by atomic mass is 9.92. The normalized spacial score (nSPS) is 20.8. The molecule has 1 heterocycles. The molecule has 0 aromatic heterocycles. The van der Waals surface area contributed by atoms with Crippen LogP contribution >= 0.6 is 0 Å². The predicted octanol–water partition coefficient (Wildman–Crippen LogP) is 3.95. The molecule has 1 aliphatic rings. The molecule has 2 rings (SSSR count). The van der Waals surface area contributed by atoms with E-state index in [9.17, 15) is 0 Å². The summed E-state index contributed by atoms with van der Waals surface area (Å²) in [6.45, 7) is 8.65. The number of hydrogen-bond donors (Lipinski definition) is 0. The summed E-state index contributed by atoms with van der Waals surface area (Å²) in [5, 5.41) is 0. The van der Waals surface area contributed by atoms with Gasteiger partial charge in [-0.25, -0.2) is 0 Å². The van der Waals surface area contributed by atoms with Gasteiger partial charge in [0, 0.05) is 27.4 Å². The van der Waals surface area contributed by atoms with Crippen LogP contribution < -0.4 is 4.90 Å². The van der Waals surface area contributed by atoms with Crippen LogP contribution in [0.5, 0.6) is 0 Å². The molecule has 1 atom stereocenters. The number of para-hydroxylation sites is 1. The Hall–Kier alpha value is -0.763. The summed E-state index contributed by atoms with van der Waals surface area (Å²) in [6, 6.07) is 10.4. The minimum atomic E-state index is -0.954. The average Bonchev–Trinajstić information content (AvgIpc) is 2.21. The van der Waals surface area contributed by atoms with Crippen molar-refractivity contribution in [2.24, 2.45) is 0 Å². The second-order valence-corrected chi connectivity index (χ2v) is 11.8. The van der Waals surface area contributed by atoms with Crippen molar-refractivity contribution >= 4 is 13.8 Å². The average molecular weight is 233 g/mol. The zero-order valence-corrected chi connectivity index (χ0v) is 12.0. The third-order valence-corrected chi connectivity index (χ3v) is 5.18. The fourth-order valence-corrected chi connectivity index (χ4v) is 4.66. The van der Waals surface area contributed by atoms with Crippen LogP contribution in [0.2, 0.25) is 25.7 Å². The monoisotopic (exact) mass is 233 g/mol. The van der Waals surface area contributed by atoms with E-state index in [1.54, 1.807) is 5.56 Å². The largest absolute Gasteiger partial charge is 0.374 e. The summed E-state index contributed by atoms with van der Waals surface area (Å²) >= 11 is 0. The number of nitrogens with zero attached hydrogens (tertiary/aromatic N) is 1. The first-order valence-electron chi connectivity index (χ1n) is 6.27. The van der Waals surface area contributed by atoms with Gasteiger partial charge < -0.3 is 4.90 Å². The number of fused-ring (bicyclic) bond motifs is 1. The van der Waals surface area contributed by atoms with Gasteiger partial charge in [-0.1, -0.05) is 43.9 Å². The molecular formula is C14H23NSi. The van der Waals surface area contributed by atoms with Crippen LogP contribution in [0.1, 0.15) is 17.9 Å². The van der Waals surface area contributed by atoms with Crippen molar-refractivity contribution in [2.45, 2.75) is 38.0 Å². The van der Waals surface area contributed by atoms with Gasteiger partial charge in [0.2, 0.25) is 0 Å². The Labute approximate surface area is 100 Å². The molecule has 1 unspecified atom stereocenters. The van der Waals surface area contributed by atoms with Crippen LogP contribution in [0.25, 0.3) is 0 Å². The van der Waals surface area contributed by atoms with Gasteiger partial charge >= 0.3 is 0 Å².